The molecule has 1 heterocycles. The first-order valence-electron chi connectivity index (χ1n) is 4.99. The molecule has 0 aromatic heterocycles. The summed E-state index contributed by atoms with van der Waals surface area (Å²) in [6, 6.07) is 0. The van der Waals surface area contributed by atoms with E-state index >= 15 is 0 Å². The van der Waals surface area contributed by atoms with Gasteiger partial charge >= 0.3 is 0 Å². The number of nitrogens with one attached hydrogen (secondary N) is 1. The second kappa shape index (κ2) is 4.24. The average molecular weight is 189 g/mol. The summed E-state index contributed by atoms with van der Waals surface area (Å²) in [5.74, 6) is 0. The van der Waals surface area contributed by atoms with Crippen molar-refractivity contribution in [3.05, 3.63) is 35.6 Å². The predicted octanol–water partition coefficient (Wildman–Crippen LogP) is 1.45. The Balaban J connectivity index is 2.20. The lowest BCUT2D eigenvalue weighted by Gasteiger charge is -2.14. The Hall–Kier alpha value is -1.35. The van der Waals surface area contributed by atoms with Gasteiger partial charge in [-0.3, -0.25) is 0 Å². The lowest BCUT2D eigenvalue weighted by atomic mass is 10.1. The molecule has 0 bridgehead atoms. The second-order valence-corrected chi connectivity index (χ2v) is 3.50. The molecule has 1 aliphatic carbocycles. The maximum Gasteiger partial charge on any atom is 0.0966 e. The van der Waals surface area contributed by atoms with Gasteiger partial charge in [0.2, 0.25) is 0 Å². The molecule has 0 saturated carbocycles. The molecular formula is C11H15N3. The van der Waals surface area contributed by atoms with E-state index in [1.165, 1.54) is 12.0 Å². The molecule has 0 radical (unpaired) electrons. The SMILES string of the molecule is NC1C=C(C2=CCCCC=C2)N=CN1. The van der Waals surface area contributed by atoms with Gasteiger partial charge in [-0.25, -0.2) is 4.99 Å². The molecule has 74 valence electrons. The highest BCUT2D eigenvalue weighted by Crippen LogP contribution is 2.19. The van der Waals surface area contributed by atoms with Crippen LogP contribution in [0.2, 0.25) is 0 Å². The molecule has 0 aromatic carbocycles. The van der Waals surface area contributed by atoms with E-state index in [4.69, 9.17) is 5.73 Å². The zero-order valence-electron chi connectivity index (χ0n) is 8.11. The van der Waals surface area contributed by atoms with Crippen LogP contribution in [-0.2, 0) is 0 Å². The summed E-state index contributed by atoms with van der Waals surface area (Å²) in [5.41, 5.74) is 7.91. The lowest BCUT2D eigenvalue weighted by molar-refractivity contribution is 0.759. The minimum atomic E-state index is -0.111. The third-order valence-electron chi connectivity index (χ3n) is 2.34. The van der Waals surface area contributed by atoms with Gasteiger partial charge in [0.05, 0.1) is 18.2 Å². The first kappa shape index (κ1) is 9.21. The van der Waals surface area contributed by atoms with Crippen molar-refractivity contribution in [2.45, 2.75) is 25.4 Å². The van der Waals surface area contributed by atoms with Crippen LogP contribution in [0.15, 0.2) is 40.6 Å². The summed E-state index contributed by atoms with van der Waals surface area (Å²) in [6.07, 6.45) is 13.6. The Morgan fingerprint density at radius 3 is 3.21 bits per heavy atom. The van der Waals surface area contributed by atoms with E-state index < -0.39 is 0 Å². The molecule has 3 N–H and O–H groups in total. The highest BCUT2D eigenvalue weighted by atomic mass is 15.1. The van der Waals surface area contributed by atoms with Crippen LogP contribution in [0.4, 0.5) is 0 Å². The molecule has 14 heavy (non-hydrogen) atoms. The molecule has 1 unspecified atom stereocenters. The van der Waals surface area contributed by atoms with Gasteiger partial charge in [-0.2, -0.15) is 0 Å². The molecule has 0 aromatic rings. The summed E-state index contributed by atoms with van der Waals surface area (Å²) in [6.45, 7) is 0. The second-order valence-electron chi connectivity index (χ2n) is 3.50. The summed E-state index contributed by atoms with van der Waals surface area (Å²) in [5, 5.41) is 2.93. The van der Waals surface area contributed by atoms with Crippen LogP contribution in [0.3, 0.4) is 0 Å². The number of aliphatic imine (C=N–C) groups is 1. The third kappa shape index (κ3) is 2.12. The predicted molar refractivity (Wildman–Crippen MR) is 58.8 cm³/mol. The van der Waals surface area contributed by atoms with Crippen molar-refractivity contribution in [3.63, 3.8) is 0 Å². The number of nitrogens with zero attached hydrogens (tertiary/aromatic N) is 1. The van der Waals surface area contributed by atoms with Gasteiger partial charge < -0.3 is 11.1 Å². The number of allylic oxidation sites excluding steroid dienone is 3. The molecule has 1 aliphatic heterocycles. The molecule has 1 atom stereocenters. The molecule has 3 heteroatoms. The standard InChI is InChI=1S/C11H15N3/c12-11-7-10(13-8-14-11)9-5-3-1-2-4-6-9/h3,5-8,11H,1-2,4,12H2,(H,13,14). The quantitative estimate of drug-likeness (QED) is 0.656. The Morgan fingerprint density at radius 2 is 2.36 bits per heavy atom. The normalized spacial score (nSPS) is 26.2. The van der Waals surface area contributed by atoms with Crippen LogP contribution < -0.4 is 11.1 Å². The smallest absolute Gasteiger partial charge is 0.0966 e. The van der Waals surface area contributed by atoms with E-state index in [9.17, 15) is 0 Å². The fourth-order valence-electron chi connectivity index (χ4n) is 1.59. The van der Waals surface area contributed by atoms with Crippen molar-refractivity contribution in [3.8, 4) is 0 Å². The van der Waals surface area contributed by atoms with E-state index in [1.807, 2.05) is 6.08 Å². The third-order valence-corrected chi connectivity index (χ3v) is 2.34. The summed E-state index contributed by atoms with van der Waals surface area (Å²) < 4.78 is 0. The van der Waals surface area contributed by atoms with Crippen molar-refractivity contribution in [1.29, 1.82) is 0 Å². The van der Waals surface area contributed by atoms with Crippen LogP contribution in [0.5, 0.6) is 0 Å². The molecule has 0 fully saturated rings. The minimum Gasteiger partial charge on any atom is -0.357 e. The van der Waals surface area contributed by atoms with Gasteiger partial charge in [-0.05, 0) is 30.9 Å². The molecular weight excluding hydrogens is 174 g/mol. The first-order chi connectivity index (χ1) is 6.86. The Kier molecular flexibility index (Phi) is 2.79. The number of nitrogens with two attached hydrogens (primary N) is 1. The van der Waals surface area contributed by atoms with Crippen molar-refractivity contribution in [1.82, 2.24) is 5.32 Å². The van der Waals surface area contributed by atoms with Gasteiger partial charge in [0, 0.05) is 0 Å². The summed E-state index contributed by atoms with van der Waals surface area (Å²) >= 11 is 0. The van der Waals surface area contributed by atoms with Crippen molar-refractivity contribution < 1.29 is 0 Å². The van der Waals surface area contributed by atoms with Crippen LogP contribution in [0, 0.1) is 0 Å². The Bertz CT molecular complexity index is 323. The van der Waals surface area contributed by atoms with E-state index in [0.717, 1.165) is 18.5 Å². The first-order valence-corrected chi connectivity index (χ1v) is 4.99. The molecule has 0 amide bonds. The Morgan fingerprint density at radius 1 is 1.43 bits per heavy atom. The fourth-order valence-corrected chi connectivity index (χ4v) is 1.59. The molecule has 2 rings (SSSR count). The van der Waals surface area contributed by atoms with Gasteiger partial charge in [0.1, 0.15) is 0 Å². The van der Waals surface area contributed by atoms with E-state index in [0.29, 0.717) is 0 Å². The molecule has 3 nitrogen and oxygen atoms in total. The summed E-state index contributed by atoms with van der Waals surface area (Å²) in [7, 11) is 0. The highest BCUT2D eigenvalue weighted by molar-refractivity contribution is 5.62. The number of hydrogen-bond acceptors (Lipinski definition) is 3. The van der Waals surface area contributed by atoms with Gasteiger partial charge in [0.25, 0.3) is 0 Å². The van der Waals surface area contributed by atoms with Crippen molar-refractivity contribution >= 4 is 6.34 Å². The fraction of sp³-hybridized carbons (Fsp3) is 0.364. The van der Waals surface area contributed by atoms with E-state index in [2.05, 4.69) is 28.5 Å². The monoisotopic (exact) mass is 189 g/mol. The van der Waals surface area contributed by atoms with Crippen LogP contribution in [-0.4, -0.2) is 12.5 Å². The molecule has 2 aliphatic rings. The highest BCUT2D eigenvalue weighted by Gasteiger charge is 2.08. The largest absolute Gasteiger partial charge is 0.357 e. The van der Waals surface area contributed by atoms with Crippen molar-refractivity contribution in [2.24, 2.45) is 10.7 Å². The molecule has 0 saturated heterocycles. The van der Waals surface area contributed by atoms with Crippen LogP contribution in [0.1, 0.15) is 19.3 Å². The van der Waals surface area contributed by atoms with Gasteiger partial charge in [-0.1, -0.05) is 18.2 Å². The van der Waals surface area contributed by atoms with E-state index in [-0.39, 0.29) is 6.17 Å². The van der Waals surface area contributed by atoms with Gasteiger partial charge in [-0.15, -0.1) is 0 Å². The average Bonchev–Trinajstić information content (AvgIpc) is 2.45. The zero-order chi connectivity index (χ0) is 9.80. The maximum absolute atomic E-state index is 5.74. The number of hydrogen-bond donors (Lipinski definition) is 2. The van der Waals surface area contributed by atoms with Gasteiger partial charge in [0.15, 0.2) is 0 Å². The van der Waals surface area contributed by atoms with Crippen LogP contribution in [0.25, 0.3) is 0 Å². The van der Waals surface area contributed by atoms with E-state index in [1.54, 1.807) is 6.34 Å². The summed E-state index contributed by atoms with van der Waals surface area (Å²) in [4.78, 5) is 4.27. The topological polar surface area (TPSA) is 50.4 Å². The lowest BCUT2D eigenvalue weighted by Crippen LogP contribution is -2.36. The minimum absolute atomic E-state index is 0.111. The van der Waals surface area contributed by atoms with Crippen LogP contribution >= 0.6 is 0 Å². The Labute approximate surface area is 84.1 Å². The zero-order valence-corrected chi connectivity index (χ0v) is 8.11. The van der Waals surface area contributed by atoms with Crippen molar-refractivity contribution in [2.75, 3.05) is 0 Å². The number of rotatable bonds is 1. The maximum atomic E-state index is 5.74. The molecule has 0 spiro atoms.